The summed E-state index contributed by atoms with van der Waals surface area (Å²) in [6.07, 6.45) is 3.83. The lowest BCUT2D eigenvalue weighted by molar-refractivity contribution is -0.122. The molecule has 2 unspecified atom stereocenters. The number of aryl methyl sites for hydroxylation is 1. The highest BCUT2D eigenvalue weighted by atomic mass is 32.2. The summed E-state index contributed by atoms with van der Waals surface area (Å²) in [6, 6.07) is -0.772. The van der Waals surface area contributed by atoms with E-state index in [4.69, 9.17) is 5.73 Å². The van der Waals surface area contributed by atoms with Crippen molar-refractivity contribution in [2.45, 2.75) is 12.5 Å². The zero-order valence-electron chi connectivity index (χ0n) is 10.7. The Morgan fingerprint density at radius 2 is 2.42 bits per heavy atom. The van der Waals surface area contributed by atoms with Gasteiger partial charge in [-0.15, -0.1) is 0 Å². The van der Waals surface area contributed by atoms with Crippen molar-refractivity contribution in [3.63, 3.8) is 0 Å². The van der Waals surface area contributed by atoms with Gasteiger partial charge in [0.2, 0.25) is 5.91 Å². The van der Waals surface area contributed by atoms with Crippen LogP contribution in [0.15, 0.2) is 12.4 Å². The molecule has 0 radical (unpaired) electrons. The lowest BCUT2D eigenvalue weighted by atomic mass is 10.1. The fourth-order valence-electron chi connectivity index (χ4n) is 2.14. The molecular formula is C11H18N4O3S. The summed E-state index contributed by atoms with van der Waals surface area (Å²) in [5, 5.41) is 6.66. The number of aromatic nitrogens is 2. The second-order valence-electron chi connectivity index (χ2n) is 4.94. The largest absolute Gasteiger partial charge is 0.354 e. The summed E-state index contributed by atoms with van der Waals surface area (Å²) in [4.78, 5) is 11.8. The molecule has 1 amide bonds. The first-order valence-corrected chi connectivity index (χ1v) is 7.92. The Kier molecular flexibility index (Phi) is 3.91. The fraction of sp³-hybridized carbons (Fsp3) is 0.636. The third kappa shape index (κ3) is 3.54. The van der Waals surface area contributed by atoms with Crippen LogP contribution in [0.2, 0.25) is 0 Å². The highest BCUT2D eigenvalue weighted by Crippen LogP contribution is 2.17. The molecule has 106 valence electrons. The number of carbonyl (C=O) groups is 1. The minimum absolute atomic E-state index is 0.00458. The summed E-state index contributed by atoms with van der Waals surface area (Å²) in [5.74, 6) is 0.0461. The molecule has 0 saturated carbocycles. The smallest absolute Gasteiger partial charge is 0.241 e. The Morgan fingerprint density at radius 3 is 2.95 bits per heavy atom. The van der Waals surface area contributed by atoms with Crippen molar-refractivity contribution in [2.24, 2.45) is 18.7 Å². The third-order valence-electron chi connectivity index (χ3n) is 3.26. The van der Waals surface area contributed by atoms with Crippen LogP contribution in [0.4, 0.5) is 0 Å². The number of nitrogens with two attached hydrogens (primary N) is 1. The molecule has 0 spiro atoms. The number of carbonyl (C=O) groups excluding carboxylic acids is 1. The first-order valence-electron chi connectivity index (χ1n) is 6.09. The Bertz CT molecular complexity index is 566. The van der Waals surface area contributed by atoms with E-state index in [0.29, 0.717) is 18.5 Å². The second-order valence-corrected chi connectivity index (χ2v) is 7.17. The van der Waals surface area contributed by atoms with Crippen molar-refractivity contribution in [1.29, 1.82) is 0 Å². The summed E-state index contributed by atoms with van der Waals surface area (Å²) in [6.45, 7) is 0.353. The fourth-order valence-corrected chi connectivity index (χ4v) is 4.00. The van der Waals surface area contributed by atoms with Crippen LogP contribution in [0.3, 0.4) is 0 Å². The lowest BCUT2D eigenvalue weighted by Gasteiger charge is -2.13. The Labute approximate surface area is 112 Å². The van der Waals surface area contributed by atoms with Crippen molar-refractivity contribution in [3.8, 4) is 0 Å². The molecular weight excluding hydrogens is 268 g/mol. The van der Waals surface area contributed by atoms with E-state index < -0.39 is 15.9 Å². The number of hydrogen-bond acceptors (Lipinski definition) is 5. The molecule has 2 heterocycles. The molecule has 2 atom stereocenters. The van der Waals surface area contributed by atoms with Crippen LogP contribution in [-0.2, 0) is 21.7 Å². The third-order valence-corrected chi connectivity index (χ3v) is 5.10. The number of nitrogens with one attached hydrogen (secondary N) is 1. The summed E-state index contributed by atoms with van der Waals surface area (Å²) in [7, 11) is -1.16. The van der Waals surface area contributed by atoms with Crippen LogP contribution in [0.25, 0.3) is 0 Å². The molecule has 0 aromatic carbocycles. The Balaban J connectivity index is 1.85. The zero-order valence-corrected chi connectivity index (χ0v) is 11.6. The van der Waals surface area contributed by atoms with Gasteiger partial charge in [-0.1, -0.05) is 0 Å². The molecule has 1 aliphatic heterocycles. The van der Waals surface area contributed by atoms with Gasteiger partial charge in [0.1, 0.15) is 6.04 Å². The van der Waals surface area contributed by atoms with Crippen molar-refractivity contribution in [2.75, 3.05) is 18.1 Å². The molecule has 19 heavy (non-hydrogen) atoms. The number of hydrogen-bond donors (Lipinski definition) is 2. The summed E-state index contributed by atoms with van der Waals surface area (Å²) in [5.41, 5.74) is 6.44. The van der Waals surface area contributed by atoms with E-state index in [-0.39, 0.29) is 23.3 Å². The summed E-state index contributed by atoms with van der Waals surface area (Å²) < 4.78 is 24.2. The SMILES string of the molecule is Cn1cc(C(N)C(=O)NCC2CCS(=O)(=O)C2)cn1. The predicted molar refractivity (Wildman–Crippen MR) is 69.9 cm³/mol. The highest BCUT2D eigenvalue weighted by Gasteiger charge is 2.28. The highest BCUT2D eigenvalue weighted by molar-refractivity contribution is 7.91. The van der Waals surface area contributed by atoms with Crippen LogP contribution in [0.1, 0.15) is 18.0 Å². The van der Waals surface area contributed by atoms with Gasteiger partial charge in [0.25, 0.3) is 0 Å². The van der Waals surface area contributed by atoms with E-state index in [9.17, 15) is 13.2 Å². The van der Waals surface area contributed by atoms with Gasteiger partial charge in [0, 0.05) is 25.4 Å². The maximum absolute atomic E-state index is 11.8. The minimum atomic E-state index is -2.91. The Morgan fingerprint density at radius 1 is 1.68 bits per heavy atom. The van der Waals surface area contributed by atoms with Crippen molar-refractivity contribution >= 4 is 15.7 Å². The molecule has 1 aromatic heterocycles. The molecule has 3 N–H and O–H groups in total. The molecule has 1 aliphatic rings. The second kappa shape index (κ2) is 5.30. The van der Waals surface area contributed by atoms with Crippen LogP contribution in [0.5, 0.6) is 0 Å². The van der Waals surface area contributed by atoms with Gasteiger partial charge in [0.05, 0.1) is 17.7 Å². The van der Waals surface area contributed by atoms with E-state index in [1.807, 2.05) is 0 Å². The maximum Gasteiger partial charge on any atom is 0.241 e. The van der Waals surface area contributed by atoms with E-state index >= 15 is 0 Å². The lowest BCUT2D eigenvalue weighted by Crippen LogP contribution is -2.37. The average molecular weight is 286 g/mol. The number of nitrogens with zero attached hydrogens (tertiary/aromatic N) is 2. The average Bonchev–Trinajstić information content (AvgIpc) is 2.91. The van der Waals surface area contributed by atoms with E-state index in [1.54, 1.807) is 24.1 Å². The van der Waals surface area contributed by atoms with E-state index in [2.05, 4.69) is 10.4 Å². The van der Waals surface area contributed by atoms with Crippen LogP contribution >= 0.6 is 0 Å². The van der Waals surface area contributed by atoms with Gasteiger partial charge in [-0.05, 0) is 12.3 Å². The van der Waals surface area contributed by atoms with E-state index in [0.717, 1.165) is 0 Å². The van der Waals surface area contributed by atoms with E-state index in [1.165, 1.54) is 0 Å². The van der Waals surface area contributed by atoms with Crippen LogP contribution < -0.4 is 11.1 Å². The monoisotopic (exact) mass is 286 g/mol. The van der Waals surface area contributed by atoms with Crippen LogP contribution in [0, 0.1) is 5.92 Å². The molecule has 1 aromatic rings. The van der Waals surface area contributed by atoms with Crippen molar-refractivity contribution < 1.29 is 13.2 Å². The normalized spacial score (nSPS) is 23.2. The molecule has 2 rings (SSSR count). The van der Waals surface area contributed by atoms with Gasteiger partial charge in [-0.3, -0.25) is 9.48 Å². The van der Waals surface area contributed by atoms with Gasteiger partial charge in [-0.25, -0.2) is 8.42 Å². The number of sulfone groups is 1. The summed E-state index contributed by atoms with van der Waals surface area (Å²) >= 11 is 0. The molecule has 1 fully saturated rings. The van der Waals surface area contributed by atoms with Gasteiger partial charge >= 0.3 is 0 Å². The first kappa shape index (κ1) is 14.0. The quantitative estimate of drug-likeness (QED) is 0.736. The van der Waals surface area contributed by atoms with Gasteiger partial charge < -0.3 is 11.1 Å². The Hall–Kier alpha value is -1.41. The van der Waals surface area contributed by atoms with Gasteiger partial charge in [0.15, 0.2) is 9.84 Å². The first-order chi connectivity index (χ1) is 8.87. The predicted octanol–water partition coefficient (Wildman–Crippen LogP) is -1.03. The van der Waals surface area contributed by atoms with Gasteiger partial charge in [-0.2, -0.15) is 5.10 Å². The maximum atomic E-state index is 11.8. The van der Waals surface area contributed by atoms with Crippen molar-refractivity contribution in [3.05, 3.63) is 18.0 Å². The van der Waals surface area contributed by atoms with Crippen molar-refractivity contribution in [1.82, 2.24) is 15.1 Å². The number of rotatable bonds is 4. The zero-order chi connectivity index (χ0) is 14.0. The molecule has 1 saturated heterocycles. The molecule has 0 aliphatic carbocycles. The molecule has 0 bridgehead atoms. The number of amides is 1. The standard InChI is InChI=1S/C11H18N4O3S/c1-15-6-9(5-14-15)10(12)11(16)13-4-8-2-3-19(17,18)7-8/h5-6,8,10H,2-4,7,12H2,1H3,(H,13,16). The van der Waals surface area contributed by atoms with Crippen LogP contribution in [-0.4, -0.2) is 42.2 Å². The molecule has 8 heteroatoms. The minimum Gasteiger partial charge on any atom is -0.354 e. The topological polar surface area (TPSA) is 107 Å². The molecule has 7 nitrogen and oxygen atoms in total.